The van der Waals surface area contributed by atoms with Crippen LogP contribution in [0.2, 0.25) is 30.1 Å². The van der Waals surface area contributed by atoms with Gasteiger partial charge in [-0.2, -0.15) is 0 Å². The maximum atomic E-state index is 14.2. The topological polar surface area (TPSA) is 156 Å². The Hall–Kier alpha value is -8.59. The number of Topliss-reactive ketones (excluding diaryl/α,β-unsaturated/α-hetero) is 3. The fourth-order valence-corrected chi connectivity index (χ4v) is 13.3. The molecule has 0 aliphatic rings. The fraction of sp³-hybridized carbons (Fsp3) is 0.301. The molecule has 0 aliphatic carbocycles. The van der Waals surface area contributed by atoms with Crippen LogP contribution in [0.5, 0.6) is 0 Å². The van der Waals surface area contributed by atoms with Gasteiger partial charge in [-0.25, -0.2) is 17.6 Å². The van der Waals surface area contributed by atoms with Crippen LogP contribution in [-0.2, 0) is 56.7 Å². The lowest BCUT2D eigenvalue weighted by molar-refractivity contribution is 0.0934. The van der Waals surface area contributed by atoms with E-state index in [9.17, 15) is 41.5 Å². The Morgan fingerprint density at radius 2 is 0.617 bits per heavy atom. The quantitative estimate of drug-likeness (QED) is 0.0358. The zero-order chi connectivity index (χ0) is 84.9. The number of methoxy groups -OCH3 is 5. The van der Waals surface area contributed by atoms with E-state index in [1.54, 1.807) is 113 Å². The zero-order valence-corrected chi connectivity index (χ0v) is 71.8. The van der Waals surface area contributed by atoms with Gasteiger partial charge in [-0.15, -0.1) is 0 Å². The van der Waals surface area contributed by atoms with Crippen LogP contribution in [0.1, 0.15) is 168 Å². The first kappa shape index (κ1) is 95.3. The minimum absolute atomic E-state index is 0.0163. The van der Waals surface area contributed by atoms with Crippen LogP contribution >= 0.6 is 69.6 Å². The van der Waals surface area contributed by atoms with Gasteiger partial charge in [0, 0.05) is 127 Å². The van der Waals surface area contributed by atoms with E-state index < -0.39 is 23.3 Å². The highest BCUT2D eigenvalue weighted by Crippen LogP contribution is 2.37. The Morgan fingerprint density at radius 3 is 0.965 bits per heavy atom. The number of carbonyl (C=O) groups is 5. The van der Waals surface area contributed by atoms with E-state index in [1.165, 1.54) is 31.4 Å². The monoisotopic (exact) mass is 1690 g/mol. The number of ether oxygens (including phenoxy) is 5. The second-order valence-electron chi connectivity index (χ2n) is 29.0. The van der Waals surface area contributed by atoms with Crippen molar-refractivity contribution in [1.29, 1.82) is 0 Å². The number of hydrogen-bond donors (Lipinski definition) is 2. The molecule has 0 aromatic heterocycles. The van der Waals surface area contributed by atoms with Crippen molar-refractivity contribution in [2.45, 2.75) is 134 Å². The predicted octanol–water partition coefficient (Wildman–Crippen LogP) is 25.9. The van der Waals surface area contributed by atoms with E-state index in [1.807, 2.05) is 136 Å². The van der Waals surface area contributed by atoms with E-state index >= 15 is 0 Å². The first-order valence-corrected chi connectivity index (χ1v) is 39.4. The number of ketones is 3. The van der Waals surface area contributed by atoms with Gasteiger partial charge in [0.25, 0.3) is 11.8 Å². The molecule has 0 radical (unpaired) electrons. The maximum absolute atomic E-state index is 14.2. The number of halogens is 10. The number of rotatable bonds is 28. The molecule has 10 rings (SSSR count). The summed E-state index contributed by atoms with van der Waals surface area (Å²) in [5, 5.41) is 8.28. The van der Waals surface area contributed by atoms with Crippen LogP contribution < -0.4 is 10.6 Å². The third-order valence-corrected chi connectivity index (χ3v) is 18.9. The van der Waals surface area contributed by atoms with Crippen molar-refractivity contribution in [2.75, 3.05) is 35.5 Å². The highest BCUT2D eigenvalue weighted by Gasteiger charge is 2.21. The zero-order valence-electron chi connectivity index (χ0n) is 67.2. The molecule has 22 heteroatoms. The average Bonchev–Trinajstić information content (AvgIpc) is 0.828. The van der Waals surface area contributed by atoms with Gasteiger partial charge in [0.05, 0.1) is 48.1 Å². The molecule has 0 saturated heterocycles. The molecular formula is C93H98Cl6F4N2O10. The van der Waals surface area contributed by atoms with E-state index in [0.717, 1.165) is 61.7 Å². The van der Waals surface area contributed by atoms with Crippen molar-refractivity contribution in [3.63, 3.8) is 0 Å². The lowest BCUT2D eigenvalue weighted by Crippen LogP contribution is -2.30. The highest BCUT2D eigenvalue weighted by molar-refractivity contribution is 6.42. The van der Waals surface area contributed by atoms with Gasteiger partial charge < -0.3 is 34.3 Å². The molecule has 0 heterocycles. The van der Waals surface area contributed by atoms with Gasteiger partial charge in [0.1, 0.15) is 23.3 Å². The van der Waals surface area contributed by atoms with Gasteiger partial charge in [0.2, 0.25) is 0 Å². The molecule has 10 aromatic rings. The lowest BCUT2D eigenvalue weighted by atomic mass is 9.94. The molecular weight excluding hydrogens is 1590 g/mol. The van der Waals surface area contributed by atoms with Gasteiger partial charge in [-0.1, -0.05) is 172 Å². The van der Waals surface area contributed by atoms with E-state index in [4.69, 9.17) is 93.3 Å². The summed E-state index contributed by atoms with van der Waals surface area (Å²) in [6.45, 7) is 21.4. The first-order valence-electron chi connectivity index (χ1n) is 37.2. The van der Waals surface area contributed by atoms with Crippen molar-refractivity contribution in [3.8, 4) is 55.6 Å². The van der Waals surface area contributed by atoms with Gasteiger partial charge in [-0.3, -0.25) is 24.0 Å². The Bertz CT molecular complexity index is 4730. The molecule has 0 atom stereocenters. The van der Waals surface area contributed by atoms with Gasteiger partial charge in [-0.05, 0) is 233 Å². The molecule has 115 heavy (non-hydrogen) atoms. The summed E-state index contributed by atoms with van der Waals surface area (Å²) < 4.78 is 80.8. The summed E-state index contributed by atoms with van der Waals surface area (Å²) in [6.07, 6.45) is 1.53. The summed E-state index contributed by atoms with van der Waals surface area (Å²) in [7, 11) is 7.96. The van der Waals surface area contributed by atoms with Gasteiger partial charge >= 0.3 is 0 Å². The molecule has 10 aromatic carbocycles. The number of benzene rings is 10. The second kappa shape index (κ2) is 47.0. The molecule has 0 unspecified atom stereocenters. The van der Waals surface area contributed by atoms with Crippen molar-refractivity contribution in [3.05, 3.63) is 291 Å². The summed E-state index contributed by atoms with van der Waals surface area (Å²) in [6, 6.07) is 50.6. The summed E-state index contributed by atoms with van der Waals surface area (Å²) in [4.78, 5) is 61.0. The molecule has 0 spiro atoms. The van der Waals surface area contributed by atoms with Crippen molar-refractivity contribution >= 4 is 98.8 Å². The molecule has 0 saturated carbocycles. The third-order valence-electron chi connectivity index (χ3n) is 17.2. The Morgan fingerprint density at radius 1 is 0.296 bits per heavy atom. The standard InChI is InChI=1S/C19H20Cl2O2.2C19H20ClFO2.C18H19Cl2NO2.C18H19F2NO2/c1-12(2)6-19(22)13-4-5-18(15(7-13)11-23-3)14-8-16(20)10-17(21)9-14;1-12(2)8-19(22)14-4-6-16(15(9-14)11-23-3)13-5-7-18(21)17(20)10-13;1-12(2)8-19(22)13-4-6-16(14(9-13)11-23-3)17-7-5-15(20)10-18(17)21;1-11(2)21-18(22)13-4-6-15(14(8-13)10-23-3)12-5-7-16(19)17(20)9-12;1-11(2)21-18(22)12-4-6-15(13(8-12)10-23-3)16-7-5-14(19)9-17(16)20/h4-5,7-10,12H,6,11H2,1-3H3;2*4-7,9-10,12H,8,11H2,1-3H3;2*4-9,11H,10H2,1-3H3,(H,21,22). The van der Waals surface area contributed by atoms with E-state index in [-0.39, 0.29) is 58.4 Å². The molecule has 610 valence electrons. The summed E-state index contributed by atoms with van der Waals surface area (Å²) >= 11 is 36.0. The van der Waals surface area contributed by atoms with Crippen LogP contribution in [0.15, 0.2) is 182 Å². The van der Waals surface area contributed by atoms with Crippen LogP contribution in [0.25, 0.3) is 55.6 Å². The fourth-order valence-electron chi connectivity index (χ4n) is 12.1. The van der Waals surface area contributed by atoms with Crippen LogP contribution in [-0.4, -0.2) is 76.8 Å². The SMILES string of the molecule is COCc1cc(C(=O)CC(C)C)ccc1-c1cc(Cl)cc(Cl)c1.COCc1cc(C(=O)CC(C)C)ccc1-c1ccc(Cl)cc1F.COCc1cc(C(=O)CC(C)C)ccc1-c1ccc(F)c(Cl)c1.COCc1cc(C(=O)NC(C)C)ccc1-c1ccc(Cl)c(Cl)c1.COCc1cc(C(=O)NC(C)C)ccc1-c1ccc(F)cc1F. The Labute approximate surface area is 703 Å². The van der Waals surface area contributed by atoms with E-state index in [0.29, 0.717) is 139 Å². The predicted molar refractivity (Wildman–Crippen MR) is 459 cm³/mol. The largest absolute Gasteiger partial charge is 0.380 e. The van der Waals surface area contributed by atoms with Crippen molar-refractivity contribution in [1.82, 2.24) is 10.6 Å². The molecule has 0 fully saturated rings. The highest BCUT2D eigenvalue weighted by atomic mass is 35.5. The Balaban J connectivity index is 0.000000224. The van der Waals surface area contributed by atoms with Crippen molar-refractivity contribution in [2.24, 2.45) is 17.8 Å². The molecule has 0 aliphatic heterocycles. The summed E-state index contributed by atoms with van der Waals surface area (Å²) in [5.41, 5.74) is 14.7. The molecule has 12 nitrogen and oxygen atoms in total. The number of hydrogen-bond acceptors (Lipinski definition) is 10. The normalized spacial score (nSPS) is 11.0. The smallest absolute Gasteiger partial charge is 0.251 e. The number of carbonyl (C=O) groups excluding carboxylic acids is 5. The van der Waals surface area contributed by atoms with E-state index in [2.05, 4.69) is 10.6 Å². The van der Waals surface area contributed by atoms with Crippen LogP contribution in [0, 0.1) is 41.0 Å². The van der Waals surface area contributed by atoms with Crippen molar-refractivity contribution < 1.29 is 65.2 Å². The molecule has 2 N–H and O–H groups in total. The number of amides is 2. The molecule has 2 amide bonds. The maximum Gasteiger partial charge on any atom is 0.251 e. The van der Waals surface area contributed by atoms with Gasteiger partial charge in [0.15, 0.2) is 17.3 Å². The molecule has 0 bridgehead atoms. The Kier molecular flexibility index (Phi) is 38.9. The first-order chi connectivity index (χ1) is 54.6. The minimum Gasteiger partial charge on any atom is -0.380 e. The average molecular weight is 1690 g/mol. The minimum atomic E-state index is -0.651. The summed E-state index contributed by atoms with van der Waals surface area (Å²) in [5.74, 6) is -1.15. The second-order valence-corrected chi connectivity index (χ2v) is 31.5. The van der Waals surface area contributed by atoms with Crippen LogP contribution in [0.4, 0.5) is 17.6 Å². The third kappa shape index (κ3) is 29.5. The lowest BCUT2D eigenvalue weighted by Gasteiger charge is -2.13. The van der Waals surface area contributed by atoms with Crippen LogP contribution in [0.3, 0.4) is 0 Å². The number of nitrogens with one attached hydrogen (secondary N) is 2.